The maximum atomic E-state index is 6.13. The van der Waals surface area contributed by atoms with Crippen molar-refractivity contribution in [1.29, 1.82) is 0 Å². The van der Waals surface area contributed by atoms with Gasteiger partial charge in [-0.3, -0.25) is 4.90 Å². The fourth-order valence-corrected chi connectivity index (χ4v) is 3.81. The van der Waals surface area contributed by atoms with Crippen LogP contribution in [0.2, 0.25) is 0 Å². The molecule has 0 aliphatic carbocycles. The molecule has 0 bridgehead atoms. The number of hydrogen-bond donors (Lipinski definition) is 1. The molecule has 0 aromatic carbocycles. The Balaban J connectivity index is 2.69. The van der Waals surface area contributed by atoms with E-state index in [1.165, 1.54) is 58.0 Å². The predicted octanol–water partition coefficient (Wildman–Crippen LogP) is 3.80. The third-order valence-electron chi connectivity index (χ3n) is 5.75. The molecule has 1 heterocycles. The van der Waals surface area contributed by atoms with Crippen molar-refractivity contribution in [2.75, 3.05) is 19.6 Å². The summed E-state index contributed by atoms with van der Waals surface area (Å²) in [5, 5.41) is 0. The lowest BCUT2D eigenvalue weighted by atomic mass is 9.72. The molecule has 108 valence electrons. The highest BCUT2D eigenvalue weighted by molar-refractivity contribution is 4.95. The fourth-order valence-electron chi connectivity index (χ4n) is 3.81. The lowest BCUT2D eigenvalue weighted by Gasteiger charge is -2.50. The predicted molar refractivity (Wildman–Crippen MR) is 80.8 cm³/mol. The second-order valence-corrected chi connectivity index (χ2v) is 6.23. The van der Waals surface area contributed by atoms with Crippen molar-refractivity contribution >= 4 is 0 Å². The molecular weight excluding hydrogens is 220 g/mol. The average molecular weight is 254 g/mol. The van der Waals surface area contributed by atoms with Crippen LogP contribution in [-0.2, 0) is 0 Å². The normalized spacial score (nSPS) is 23.8. The van der Waals surface area contributed by atoms with Crippen LogP contribution in [0.25, 0.3) is 0 Å². The van der Waals surface area contributed by atoms with E-state index in [1.807, 2.05) is 0 Å². The van der Waals surface area contributed by atoms with Gasteiger partial charge in [-0.2, -0.15) is 0 Å². The summed E-state index contributed by atoms with van der Waals surface area (Å²) in [6, 6.07) is 0. The second kappa shape index (κ2) is 6.91. The molecule has 1 atom stereocenters. The van der Waals surface area contributed by atoms with Gasteiger partial charge in [-0.15, -0.1) is 0 Å². The van der Waals surface area contributed by atoms with Crippen molar-refractivity contribution in [3.05, 3.63) is 0 Å². The first-order chi connectivity index (χ1) is 8.62. The van der Waals surface area contributed by atoms with E-state index in [-0.39, 0.29) is 5.54 Å². The van der Waals surface area contributed by atoms with Crippen molar-refractivity contribution in [2.24, 2.45) is 11.1 Å². The van der Waals surface area contributed by atoms with E-state index < -0.39 is 0 Å². The topological polar surface area (TPSA) is 29.3 Å². The molecule has 2 heteroatoms. The van der Waals surface area contributed by atoms with E-state index in [9.17, 15) is 0 Å². The average Bonchev–Trinajstić information content (AvgIpc) is 2.45. The minimum absolute atomic E-state index is 0.280. The van der Waals surface area contributed by atoms with Gasteiger partial charge < -0.3 is 5.73 Å². The molecule has 0 spiro atoms. The van der Waals surface area contributed by atoms with Crippen LogP contribution in [-0.4, -0.2) is 30.1 Å². The summed E-state index contributed by atoms with van der Waals surface area (Å²) in [5.74, 6) is 0. The molecule has 0 aromatic heterocycles. The highest BCUT2D eigenvalue weighted by Gasteiger charge is 2.39. The lowest BCUT2D eigenvalue weighted by Crippen LogP contribution is -2.57. The van der Waals surface area contributed by atoms with E-state index in [2.05, 4.69) is 32.6 Å². The number of piperidine rings is 1. The molecule has 1 rings (SSSR count). The van der Waals surface area contributed by atoms with Crippen molar-refractivity contribution in [2.45, 2.75) is 78.2 Å². The van der Waals surface area contributed by atoms with Crippen LogP contribution in [0.15, 0.2) is 0 Å². The minimum atomic E-state index is 0.280. The summed E-state index contributed by atoms with van der Waals surface area (Å²) >= 11 is 0. The quantitative estimate of drug-likeness (QED) is 0.749. The third kappa shape index (κ3) is 3.08. The van der Waals surface area contributed by atoms with E-state index in [1.54, 1.807) is 0 Å². The Hall–Kier alpha value is -0.0800. The zero-order valence-electron chi connectivity index (χ0n) is 13.1. The van der Waals surface area contributed by atoms with Crippen molar-refractivity contribution in [3.63, 3.8) is 0 Å². The Morgan fingerprint density at radius 3 is 1.94 bits per heavy atom. The van der Waals surface area contributed by atoms with Gasteiger partial charge in [0.25, 0.3) is 0 Å². The summed E-state index contributed by atoms with van der Waals surface area (Å²) in [6.45, 7) is 12.7. The third-order valence-corrected chi connectivity index (χ3v) is 5.75. The van der Waals surface area contributed by atoms with E-state index in [4.69, 9.17) is 5.73 Å². The Bertz CT molecular complexity index is 219. The van der Waals surface area contributed by atoms with Crippen molar-refractivity contribution in [3.8, 4) is 0 Å². The Labute approximate surface area is 114 Å². The Morgan fingerprint density at radius 1 is 1.06 bits per heavy atom. The maximum Gasteiger partial charge on any atom is 0.0329 e. The zero-order chi connectivity index (χ0) is 13.6. The smallest absolute Gasteiger partial charge is 0.0329 e. The van der Waals surface area contributed by atoms with Crippen LogP contribution in [0, 0.1) is 5.41 Å². The molecule has 2 nitrogen and oxygen atoms in total. The van der Waals surface area contributed by atoms with Crippen LogP contribution in [0.3, 0.4) is 0 Å². The largest absolute Gasteiger partial charge is 0.329 e. The maximum absolute atomic E-state index is 6.13. The van der Waals surface area contributed by atoms with Gasteiger partial charge in [-0.05, 0) is 44.2 Å². The number of nitrogens with zero attached hydrogens (tertiary/aromatic N) is 1. The summed E-state index contributed by atoms with van der Waals surface area (Å²) < 4.78 is 0. The molecule has 0 saturated carbocycles. The standard InChI is InChI=1S/C16H34N2/c1-5-9-16(8-4,14-17)18-12-10-15(6-2,7-3)11-13-18/h5-14,17H2,1-4H3. The molecule has 1 saturated heterocycles. The fraction of sp³-hybridized carbons (Fsp3) is 1.00. The zero-order valence-corrected chi connectivity index (χ0v) is 13.1. The van der Waals surface area contributed by atoms with E-state index in [0.29, 0.717) is 5.41 Å². The van der Waals surface area contributed by atoms with Gasteiger partial charge in [0.2, 0.25) is 0 Å². The van der Waals surface area contributed by atoms with Crippen LogP contribution in [0.4, 0.5) is 0 Å². The van der Waals surface area contributed by atoms with Crippen LogP contribution >= 0.6 is 0 Å². The lowest BCUT2D eigenvalue weighted by molar-refractivity contribution is 0.00877. The van der Waals surface area contributed by atoms with E-state index in [0.717, 1.165) is 6.54 Å². The van der Waals surface area contributed by atoms with Gasteiger partial charge in [0, 0.05) is 12.1 Å². The van der Waals surface area contributed by atoms with E-state index >= 15 is 0 Å². The van der Waals surface area contributed by atoms with Crippen LogP contribution in [0.1, 0.15) is 72.6 Å². The van der Waals surface area contributed by atoms with Gasteiger partial charge in [0.05, 0.1) is 0 Å². The number of rotatable bonds is 7. The SMILES string of the molecule is CCCC(CC)(CN)N1CCC(CC)(CC)CC1. The first-order valence-electron chi connectivity index (χ1n) is 8.07. The first-order valence-corrected chi connectivity index (χ1v) is 8.07. The summed E-state index contributed by atoms with van der Waals surface area (Å²) in [5.41, 5.74) is 7.03. The molecule has 0 aromatic rings. The highest BCUT2D eigenvalue weighted by atomic mass is 15.2. The summed E-state index contributed by atoms with van der Waals surface area (Å²) in [7, 11) is 0. The van der Waals surface area contributed by atoms with Crippen LogP contribution < -0.4 is 5.73 Å². The molecule has 18 heavy (non-hydrogen) atoms. The van der Waals surface area contributed by atoms with Gasteiger partial charge in [-0.1, -0.05) is 47.0 Å². The van der Waals surface area contributed by atoms with Crippen molar-refractivity contribution in [1.82, 2.24) is 4.90 Å². The summed E-state index contributed by atoms with van der Waals surface area (Å²) in [6.07, 6.45) is 9.11. The van der Waals surface area contributed by atoms with Gasteiger partial charge >= 0.3 is 0 Å². The highest BCUT2D eigenvalue weighted by Crippen LogP contribution is 2.40. The summed E-state index contributed by atoms with van der Waals surface area (Å²) in [4.78, 5) is 2.71. The van der Waals surface area contributed by atoms with Crippen molar-refractivity contribution < 1.29 is 0 Å². The molecule has 1 aliphatic heterocycles. The molecule has 2 N–H and O–H groups in total. The molecule has 0 radical (unpaired) electrons. The molecule has 0 amide bonds. The van der Waals surface area contributed by atoms with Crippen LogP contribution in [0.5, 0.6) is 0 Å². The first kappa shape index (κ1) is 16.0. The number of likely N-dealkylation sites (tertiary alicyclic amines) is 1. The minimum Gasteiger partial charge on any atom is -0.329 e. The van der Waals surface area contributed by atoms with Gasteiger partial charge in [0.15, 0.2) is 0 Å². The number of hydrogen-bond acceptors (Lipinski definition) is 2. The molecular formula is C16H34N2. The Morgan fingerprint density at radius 2 is 1.61 bits per heavy atom. The second-order valence-electron chi connectivity index (χ2n) is 6.23. The molecule has 1 fully saturated rings. The molecule has 1 unspecified atom stereocenters. The molecule has 1 aliphatic rings. The Kier molecular flexibility index (Phi) is 6.13. The van der Waals surface area contributed by atoms with Gasteiger partial charge in [0.1, 0.15) is 0 Å². The monoisotopic (exact) mass is 254 g/mol. The number of nitrogens with two attached hydrogens (primary N) is 1. The van der Waals surface area contributed by atoms with Gasteiger partial charge in [-0.25, -0.2) is 0 Å².